The van der Waals surface area contributed by atoms with E-state index in [0.717, 1.165) is 22.4 Å². The summed E-state index contributed by atoms with van der Waals surface area (Å²) in [6, 6.07) is 10.9. The Morgan fingerprint density at radius 3 is 2.31 bits per heavy atom. The van der Waals surface area contributed by atoms with Crippen LogP contribution in [0.1, 0.15) is 23.6 Å². The number of hydrazone groups is 1. The maximum Gasteiger partial charge on any atom is 0.349 e. The molecular weight excluding hydrogens is 370 g/mol. The number of methoxy groups -OCH3 is 2. The Hall–Kier alpha value is -3.32. The van der Waals surface area contributed by atoms with Gasteiger partial charge in [-0.25, -0.2) is 4.79 Å². The molecule has 152 valence electrons. The summed E-state index contributed by atoms with van der Waals surface area (Å²) in [6.45, 7) is 1.93. The zero-order valence-corrected chi connectivity index (χ0v) is 17.0. The van der Waals surface area contributed by atoms with Gasteiger partial charge in [-0.1, -0.05) is 12.1 Å². The fourth-order valence-electron chi connectivity index (χ4n) is 3.11. The Morgan fingerprint density at radius 2 is 1.72 bits per heavy atom. The minimum atomic E-state index is -0.281. The number of anilines is 1. The highest BCUT2D eigenvalue weighted by Crippen LogP contribution is 2.32. The molecule has 0 saturated heterocycles. The van der Waals surface area contributed by atoms with E-state index in [2.05, 4.69) is 5.10 Å². The fourth-order valence-corrected chi connectivity index (χ4v) is 3.11. The van der Waals surface area contributed by atoms with Crippen LogP contribution in [0.5, 0.6) is 11.5 Å². The van der Waals surface area contributed by atoms with E-state index in [1.54, 1.807) is 27.5 Å². The number of aliphatic hydroxyl groups is 1. The van der Waals surface area contributed by atoms with Gasteiger partial charge in [-0.15, -0.1) is 0 Å². The molecule has 0 atom stereocenters. The molecule has 0 aromatic heterocycles. The van der Waals surface area contributed by atoms with Crippen LogP contribution in [0.15, 0.2) is 47.2 Å². The molecule has 2 aromatic carbocycles. The van der Waals surface area contributed by atoms with Gasteiger partial charge in [0.15, 0.2) is 11.5 Å². The van der Waals surface area contributed by atoms with Gasteiger partial charge in [0.2, 0.25) is 0 Å². The molecule has 7 nitrogen and oxygen atoms in total. The van der Waals surface area contributed by atoms with E-state index in [1.807, 2.05) is 49.4 Å². The predicted octanol–water partition coefficient (Wildman–Crippen LogP) is 3.51. The van der Waals surface area contributed by atoms with Crippen molar-refractivity contribution in [3.8, 4) is 11.5 Å². The number of aliphatic hydroxyl groups excluding tert-OH is 1. The minimum Gasteiger partial charge on any atom is -0.493 e. The van der Waals surface area contributed by atoms with E-state index in [4.69, 9.17) is 14.6 Å². The second-order valence-electron chi connectivity index (χ2n) is 6.66. The smallest absolute Gasteiger partial charge is 0.349 e. The quantitative estimate of drug-likeness (QED) is 0.841. The second kappa shape index (κ2) is 8.79. The van der Waals surface area contributed by atoms with E-state index in [0.29, 0.717) is 23.6 Å². The molecule has 1 heterocycles. The standard InChI is InChI=1S/C22H25N3O4/c1-15-11-17-12-20(28-3)21(29-4)13-18(17)14-23-25(15)22(27)24(2)19-7-5-16(6-8-19)9-10-26/h5-8,11-14,26H,9-10H2,1-4H3. The average Bonchev–Trinajstić information content (AvgIpc) is 2.90. The molecule has 0 radical (unpaired) electrons. The van der Waals surface area contributed by atoms with Crippen molar-refractivity contribution in [1.82, 2.24) is 5.01 Å². The number of carbonyl (C=O) groups is 1. The van der Waals surface area contributed by atoms with Crippen molar-refractivity contribution in [2.75, 3.05) is 32.8 Å². The molecule has 0 saturated carbocycles. The van der Waals surface area contributed by atoms with Crippen LogP contribution in [-0.4, -0.2) is 50.2 Å². The lowest BCUT2D eigenvalue weighted by Gasteiger charge is -2.24. The number of urea groups is 1. The fraction of sp³-hybridized carbons (Fsp3) is 0.273. The van der Waals surface area contributed by atoms with Crippen LogP contribution in [-0.2, 0) is 6.42 Å². The Bertz CT molecular complexity index is 951. The molecule has 0 unspecified atom stereocenters. The van der Waals surface area contributed by atoms with Crippen molar-refractivity contribution in [3.05, 3.63) is 58.8 Å². The van der Waals surface area contributed by atoms with Crippen LogP contribution in [0.4, 0.5) is 10.5 Å². The topological polar surface area (TPSA) is 74.6 Å². The zero-order valence-electron chi connectivity index (χ0n) is 17.0. The van der Waals surface area contributed by atoms with Gasteiger partial charge < -0.3 is 14.6 Å². The van der Waals surface area contributed by atoms with E-state index < -0.39 is 0 Å². The third-order valence-electron chi connectivity index (χ3n) is 4.79. The van der Waals surface area contributed by atoms with Crippen molar-refractivity contribution in [1.29, 1.82) is 0 Å². The first-order valence-corrected chi connectivity index (χ1v) is 9.24. The summed E-state index contributed by atoms with van der Waals surface area (Å²) in [5.74, 6) is 1.21. The molecule has 1 aliphatic heterocycles. The molecule has 1 N–H and O–H groups in total. The van der Waals surface area contributed by atoms with Crippen LogP contribution in [0.3, 0.4) is 0 Å². The third kappa shape index (κ3) is 4.25. The molecular formula is C22H25N3O4. The van der Waals surface area contributed by atoms with E-state index in [9.17, 15) is 4.79 Å². The highest BCUT2D eigenvalue weighted by molar-refractivity contribution is 5.96. The van der Waals surface area contributed by atoms with Gasteiger partial charge >= 0.3 is 6.03 Å². The Morgan fingerprint density at radius 1 is 1.10 bits per heavy atom. The lowest BCUT2D eigenvalue weighted by molar-refractivity contribution is 0.221. The van der Waals surface area contributed by atoms with Crippen LogP contribution in [0.25, 0.3) is 6.08 Å². The van der Waals surface area contributed by atoms with Gasteiger partial charge in [-0.3, -0.25) is 4.90 Å². The number of hydrogen-bond acceptors (Lipinski definition) is 5. The van der Waals surface area contributed by atoms with E-state index >= 15 is 0 Å². The number of carbonyl (C=O) groups excluding carboxylic acids is 1. The Balaban J connectivity index is 1.88. The molecule has 0 bridgehead atoms. The van der Waals surface area contributed by atoms with Crippen LogP contribution in [0, 0.1) is 0 Å². The largest absolute Gasteiger partial charge is 0.493 e. The summed E-state index contributed by atoms with van der Waals surface area (Å²) in [4.78, 5) is 14.6. The van der Waals surface area contributed by atoms with Gasteiger partial charge in [-0.05, 0) is 54.8 Å². The monoisotopic (exact) mass is 395 g/mol. The lowest BCUT2D eigenvalue weighted by Crippen LogP contribution is -2.37. The van der Waals surface area contributed by atoms with Gasteiger partial charge in [0.05, 0.1) is 20.4 Å². The number of benzene rings is 2. The minimum absolute atomic E-state index is 0.0940. The van der Waals surface area contributed by atoms with E-state index in [-0.39, 0.29) is 12.6 Å². The summed E-state index contributed by atoms with van der Waals surface area (Å²) in [7, 11) is 4.87. The van der Waals surface area contributed by atoms with Gasteiger partial charge in [0, 0.05) is 30.6 Å². The first kappa shape index (κ1) is 20.4. The number of nitrogens with zero attached hydrogens (tertiary/aromatic N) is 3. The maximum atomic E-state index is 13.1. The summed E-state index contributed by atoms with van der Waals surface area (Å²) in [6.07, 6.45) is 4.11. The molecule has 1 aliphatic rings. The number of amides is 2. The molecule has 2 amide bonds. The van der Waals surface area contributed by atoms with Gasteiger partial charge in [-0.2, -0.15) is 10.1 Å². The maximum absolute atomic E-state index is 13.1. The molecule has 3 rings (SSSR count). The molecule has 0 aliphatic carbocycles. The summed E-state index contributed by atoms with van der Waals surface area (Å²) >= 11 is 0. The Labute approximate surface area is 170 Å². The summed E-state index contributed by atoms with van der Waals surface area (Å²) in [5, 5.41) is 14.8. The van der Waals surface area contributed by atoms with Crippen LogP contribution >= 0.6 is 0 Å². The Kier molecular flexibility index (Phi) is 6.19. The number of ether oxygens (including phenoxy) is 2. The summed E-state index contributed by atoms with van der Waals surface area (Å²) < 4.78 is 10.7. The highest BCUT2D eigenvalue weighted by Gasteiger charge is 2.23. The molecule has 29 heavy (non-hydrogen) atoms. The molecule has 7 heteroatoms. The number of rotatable bonds is 5. The first-order chi connectivity index (χ1) is 14.0. The predicted molar refractivity (Wildman–Crippen MR) is 114 cm³/mol. The molecule has 0 fully saturated rings. The van der Waals surface area contributed by atoms with Crippen molar-refractivity contribution >= 4 is 24.0 Å². The average molecular weight is 395 g/mol. The van der Waals surface area contributed by atoms with Crippen LogP contribution in [0.2, 0.25) is 0 Å². The van der Waals surface area contributed by atoms with E-state index in [1.165, 1.54) is 9.91 Å². The lowest BCUT2D eigenvalue weighted by atomic mass is 10.1. The molecule has 0 spiro atoms. The third-order valence-corrected chi connectivity index (χ3v) is 4.79. The number of fused-ring (bicyclic) bond motifs is 1. The SMILES string of the molecule is COc1cc2c(cc1OC)C=C(C)N(C(=O)N(C)c1ccc(CCO)cc1)N=C2. The normalized spacial score (nSPS) is 12.7. The van der Waals surface area contributed by atoms with Crippen molar-refractivity contribution in [2.45, 2.75) is 13.3 Å². The van der Waals surface area contributed by atoms with Gasteiger partial charge in [0.1, 0.15) is 0 Å². The summed E-state index contributed by atoms with van der Waals surface area (Å²) in [5.41, 5.74) is 4.15. The zero-order chi connectivity index (χ0) is 21.0. The first-order valence-electron chi connectivity index (χ1n) is 9.24. The molecule has 2 aromatic rings. The van der Waals surface area contributed by atoms with Crippen molar-refractivity contribution < 1.29 is 19.4 Å². The van der Waals surface area contributed by atoms with Crippen LogP contribution < -0.4 is 14.4 Å². The number of hydrogen-bond donors (Lipinski definition) is 1. The van der Waals surface area contributed by atoms with Crippen molar-refractivity contribution in [2.24, 2.45) is 5.10 Å². The van der Waals surface area contributed by atoms with Gasteiger partial charge in [0.25, 0.3) is 0 Å². The number of allylic oxidation sites excluding steroid dienone is 1. The second-order valence-corrected chi connectivity index (χ2v) is 6.66. The highest BCUT2D eigenvalue weighted by atomic mass is 16.5. The van der Waals surface area contributed by atoms with Crippen molar-refractivity contribution in [3.63, 3.8) is 0 Å².